The summed E-state index contributed by atoms with van der Waals surface area (Å²) in [5, 5.41) is 13.0. The molecular weight excluding hydrogens is 636 g/mol. The molecule has 4 amide bonds. The minimum Gasteiger partial charge on any atom is -0.454 e. The Labute approximate surface area is 273 Å². The maximum atomic E-state index is 12.9. The summed E-state index contributed by atoms with van der Waals surface area (Å²) in [5.41, 5.74) is 2.25. The van der Waals surface area contributed by atoms with E-state index in [9.17, 15) is 38.4 Å². The number of hydrogen-bond donors (Lipinski definition) is 4. The van der Waals surface area contributed by atoms with Crippen molar-refractivity contribution < 1.29 is 57.3 Å². The third-order valence-electron chi connectivity index (χ3n) is 6.06. The molecule has 1 aromatic heterocycles. The molecule has 1 atom stereocenters. The van der Waals surface area contributed by atoms with Crippen LogP contribution in [-0.2, 0) is 70.3 Å². The van der Waals surface area contributed by atoms with Crippen molar-refractivity contribution in [1.82, 2.24) is 31.0 Å². The molecule has 1 saturated heterocycles. The number of nitrogens with one attached hydrogen (secondary N) is 4. The summed E-state index contributed by atoms with van der Waals surface area (Å²) in [6, 6.07) is 5.69. The van der Waals surface area contributed by atoms with Crippen LogP contribution in [0.3, 0.4) is 0 Å². The van der Waals surface area contributed by atoms with E-state index in [0.717, 1.165) is 11.1 Å². The zero-order valence-electron chi connectivity index (χ0n) is 25.7. The fraction of sp³-hybridized carbons (Fsp3) is 0.367. The van der Waals surface area contributed by atoms with Crippen LogP contribution in [0.4, 0.5) is 0 Å². The Morgan fingerprint density at radius 3 is 1.71 bits per heavy atom. The molecule has 0 spiro atoms. The van der Waals surface area contributed by atoms with Crippen LogP contribution in [0.5, 0.6) is 0 Å². The van der Waals surface area contributed by atoms with Crippen LogP contribution in [0.15, 0.2) is 36.7 Å². The van der Waals surface area contributed by atoms with E-state index in [0.29, 0.717) is 12.1 Å². The number of hydrogen-bond acceptors (Lipinski definition) is 13. The molecule has 2 aromatic rings. The SMILES string of the molecule is CC#Cc1cnn(Cc2ccc(CC3NC(=O)COC(=O)CNC(=O)COC(=O)CNC(=O)COC(=O)CNC(=O)COC3=O)cc2)c1. The molecule has 0 aliphatic carbocycles. The van der Waals surface area contributed by atoms with Gasteiger partial charge in [-0.05, 0) is 18.1 Å². The molecule has 1 fully saturated rings. The van der Waals surface area contributed by atoms with Crippen LogP contribution in [0.2, 0.25) is 0 Å². The second-order valence-corrected chi connectivity index (χ2v) is 9.86. The molecule has 3 rings (SSSR count). The topological polar surface area (TPSA) is 239 Å². The molecule has 1 aliphatic heterocycles. The van der Waals surface area contributed by atoms with Gasteiger partial charge in [0.05, 0.1) is 18.3 Å². The summed E-state index contributed by atoms with van der Waals surface area (Å²) in [5.74, 6) is -1.86. The second-order valence-electron chi connectivity index (χ2n) is 9.86. The van der Waals surface area contributed by atoms with Crippen LogP contribution in [0, 0.1) is 11.8 Å². The molecule has 18 nitrogen and oxygen atoms in total. The highest BCUT2D eigenvalue weighted by atomic mass is 16.6. The van der Waals surface area contributed by atoms with Gasteiger partial charge in [-0.2, -0.15) is 5.10 Å². The molecule has 2 heterocycles. The quantitative estimate of drug-likeness (QED) is 0.143. The monoisotopic (exact) mass is 668 g/mol. The molecule has 18 heteroatoms. The van der Waals surface area contributed by atoms with Gasteiger partial charge in [-0.25, -0.2) is 4.79 Å². The summed E-state index contributed by atoms with van der Waals surface area (Å²) in [6.07, 6.45) is 3.35. The summed E-state index contributed by atoms with van der Waals surface area (Å²) < 4.78 is 20.9. The fourth-order valence-electron chi connectivity index (χ4n) is 3.79. The van der Waals surface area contributed by atoms with Crippen LogP contribution < -0.4 is 21.3 Å². The predicted molar refractivity (Wildman–Crippen MR) is 159 cm³/mol. The van der Waals surface area contributed by atoms with E-state index in [4.69, 9.17) is 9.47 Å². The van der Waals surface area contributed by atoms with Crippen LogP contribution in [-0.4, -0.2) is 109 Å². The zero-order chi connectivity index (χ0) is 34.9. The van der Waals surface area contributed by atoms with Gasteiger partial charge in [0.15, 0.2) is 26.4 Å². The number of amides is 4. The molecule has 1 aromatic carbocycles. The first-order valence-corrected chi connectivity index (χ1v) is 14.3. The van der Waals surface area contributed by atoms with Gasteiger partial charge in [-0.3, -0.25) is 38.2 Å². The van der Waals surface area contributed by atoms with Gasteiger partial charge in [0.2, 0.25) is 0 Å². The van der Waals surface area contributed by atoms with Crippen molar-refractivity contribution in [3.63, 3.8) is 0 Å². The van der Waals surface area contributed by atoms with Crippen molar-refractivity contribution in [3.8, 4) is 11.8 Å². The van der Waals surface area contributed by atoms with E-state index >= 15 is 0 Å². The smallest absolute Gasteiger partial charge is 0.329 e. The lowest BCUT2D eigenvalue weighted by atomic mass is 10.0. The first kappa shape index (κ1) is 36.2. The third kappa shape index (κ3) is 13.4. The predicted octanol–water partition coefficient (Wildman–Crippen LogP) is -3.13. The lowest BCUT2D eigenvalue weighted by Gasteiger charge is -2.18. The van der Waals surface area contributed by atoms with Gasteiger partial charge in [0.25, 0.3) is 23.6 Å². The van der Waals surface area contributed by atoms with Gasteiger partial charge < -0.3 is 40.2 Å². The number of rotatable bonds is 4. The molecule has 0 saturated carbocycles. The minimum absolute atomic E-state index is 0.0818. The van der Waals surface area contributed by atoms with Crippen LogP contribution in [0.1, 0.15) is 23.6 Å². The summed E-state index contributed by atoms with van der Waals surface area (Å²) in [6.45, 7) is -3.08. The molecule has 0 radical (unpaired) electrons. The standard InChI is InChI=1S/C30H32N6O12/c1-2-3-21-9-34-36(14-21)13-20-6-4-19(5-7-20)8-22-30(44)48-17-25(39)33-11-28(42)46-15-23(37)31-10-27(41)45-16-24(38)32-12-29(43)47-18-26(40)35-22/h4-7,9,14,22H,8,10-13,15-18H2,1H3,(H,31,37)(H,32,38)(H,33,39)(H,35,40). The Morgan fingerprint density at radius 1 is 0.708 bits per heavy atom. The van der Waals surface area contributed by atoms with Gasteiger partial charge in [0, 0.05) is 12.6 Å². The lowest BCUT2D eigenvalue weighted by molar-refractivity contribution is -0.154. The molecule has 1 aliphatic rings. The Hall–Kier alpha value is -6.25. The zero-order valence-corrected chi connectivity index (χ0v) is 25.7. The van der Waals surface area contributed by atoms with E-state index < -0.39 is 99.6 Å². The summed E-state index contributed by atoms with van der Waals surface area (Å²) in [4.78, 5) is 96.9. The van der Waals surface area contributed by atoms with E-state index in [2.05, 4.69) is 47.7 Å². The Balaban J connectivity index is 1.66. The number of esters is 4. The normalized spacial score (nSPS) is 18.1. The molecule has 48 heavy (non-hydrogen) atoms. The largest absolute Gasteiger partial charge is 0.454 e. The summed E-state index contributed by atoms with van der Waals surface area (Å²) >= 11 is 0. The molecule has 4 N–H and O–H groups in total. The van der Waals surface area contributed by atoms with Crippen molar-refractivity contribution in [2.45, 2.75) is 25.9 Å². The molecule has 0 bridgehead atoms. The van der Waals surface area contributed by atoms with E-state index in [1.165, 1.54) is 0 Å². The number of benzene rings is 1. The highest BCUT2D eigenvalue weighted by Gasteiger charge is 2.25. The van der Waals surface area contributed by atoms with Crippen molar-refractivity contribution in [3.05, 3.63) is 53.3 Å². The third-order valence-corrected chi connectivity index (χ3v) is 6.06. The van der Waals surface area contributed by atoms with Gasteiger partial charge in [0.1, 0.15) is 25.7 Å². The maximum Gasteiger partial charge on any atom is 0.329 e. The molecular formula is C30H32N6O12. The molecule has 254 valence electrons. The van der Waals surface area contributed by atoms with Gasteiger partial charge in [-0.1, -0.05) is 30.2 Å². The first-order chi connectivity index (χ1) is 23.0. The van der Waals surface area contributed by atoms with E-state index in [1.807, 2.05) is 0 Å². The van der Waals surface area contributed by atoms with Gasteiger partial charge in [-0.15, -0.1) is 5.92 Å². The number of cyclic esters (lactones) is 4. The first-order valence-electron chi connectivity index (χ1n) is 14.3. The molecule has 1 unspecified atom stereocenters. The van der Waals surface area contributed by atoms with Gasteiger partial charge >= 0.3 is 23.9 Å². The average molecular weight is 669 g/mol. The Kier molecular flexibility index (Phi) is 14.1. The number of nitrogens with zero attached hydrogens (tertiary/aromatic N) is 2. The van der Waals surface area contributed by atoms with Crippen LogP contribution >= 0.6 is 0 Å². The number of aromatic nitrogens is 2. The number of ether oxygens (including phenoxy) is 4. The maximum absolute atomic E-state index is 12.9. The lowest BCUT2D eigenvalue weighted by Crippen LogP contribution is -2.46. The highest BCUT2D eigenvalue weighted by molar-refractivity contribution is 5.90. The Bertz CT molecular complexity index is 1590. The van der Waals surface area contributed by atoms with E-state index in [1.54, 1.807) is 48.3 Å². The second kappa shape index (κ2) is 18.7. The van der Waals surface area contributed by atoms with Crippen molar-refractivity contribution in [2.24, 2.45) is 0 Å². The number of carbonyl (C=O) groups excluding carboxylic acids is 8. The highest BCUT2D eigenvalue weighted by Crippen LogP contribution is 2.10. The van der Waals surface area contributed by atoms with Crippen molar-refractivity contribution in [1.29, 1.82) is 0 Å². The number of carbonyl (C=O) groups is 8. The fourth-order valence-corrected chi connectivity index (χ4v) is 3.79. The van der Waals surface area contributed by atoms with E-state index in [-0.39, 0.29) is 6.42 Å². The Morgan fingerprint density at radius 2 is 1.19 bits per heavy atom. The minimum atomic E-state index is -1.33. The summed E-state index contributed by atoms with van der Waals surface area (Å²) in [7, 11) is 0. The van der Waals surface area contributed by atoms with Crippen molar-refractivity contribution in [2.75, 3.05) is 46.1 Å². The average Bonchev–Trinajstić information content (AvgIpc) is 3.51. The van der Waals surface area contributed by atoms with Crippen LogP contribution in [0.25, 0.3) is 0 Å². The van der Waals surface area contributed by atoms with Crippen molar-refractivity contribution >= 4 is 47.5 Å².